The maximum atomic E-state index is 12.6. The fraction of sp³-hybridized carbons (Fsp3) is 0.250. The fourth-order valence-corrected chi connectivity index (χ4v) is 3.04. The predicted octanol–water partition coefficient (Wildman–Crippen LogP) is 3.07. The predicted molar refractivity (Wildman–Crippen MR) is 101 cm³/mol. The molecule has 0 radical (unpaired) electrons. The molecular formula is C20H18F2N4O3. The van der Waals surface area contributed by atoms with Crippen molar-refractivity contribution in [3.8, 4) is 17.4 Å². The van der Waals surface area contributed by atoms with Gasteiger partial charge in [0.05, 0.1) is 11.7 Å². The Kier molecular flexibility index (Phi) is 5.48. The Balaban J connectivity index is 1.48. The van der Waals surface area contributed by atoms with E-state index in [2.05, 4.69) is 20.0 Å². The highest BCUT2D eigenvalue weighted by molar-refractivity contribution is 5.95. The SMILES string of the molecule is O=C(c1ccc2cc(Oc3ccc(OC(F)F)cn3)ccc2n1)N1CCNCC1. The molecule has 0 saturated carbocycles. The van der Waals surface area contributed by atoms with Gasteiger partial charge >= 0.3 is 6.61 Å². The lowest BCUT2D eigenvalue weighted by Gasteiger charge is -2.27. The van der Waals surface area contributed by atoms with Gasteiger partial charge in [0.15, 0.2) is 0 Å². The van der Waals surface area contributed by atoms with E-state index in [-0.39, 0.29) is 17.5 Å². The Hall–Kier alpha value is -3.33. The Morgan fingerprint density at radius 1 is 1.07 bits per heavy atom. The molecule has 1 fully saturated rings. The number of pyridine rings is 2. The molecule has 9 heteroatoms. The normalized spacial score (nSPS) is 14.2. The van der Waals surface area contributed by atoms with Gasteiger partial charge in [0.1, 0.15) is 17.2 Å². The lowest BCUT2D eigenvalue weighted by Crippen LogP contribution is -2.46. The maximum Gasteiger partial charge on any atom is 0.387 e. The number of nitrogens with zero attached hydrogens (tertiary/aromatic N) is 3. The number of piperazine rings is 1. The zero-order chi connectivity index (χ0) is 20.2. The van der Waals surface area contributed by atoms with Crippen LogP contribution >= 0.6 is 0 Å². The first-order chi connectivity index (χ1) is 14.1. The molecule has 29 heavy (non-hydrogen) atoms. The lowest BCUT2D eigenvalue weighted by atomic mass is 10.2. The van der Waals surface area contributed by atoms with Gasteiger partial charge in [0, 0.05) is 37.6 Å². The third-order valence-electron chi connectivity index (χ3n) is 4.44. The number of halogens is 2. The standard InChI is InChI=1S/C20H18F2N4O3/c21-20(22)29-15-3-6-18(24-12-15)28-14-2-5-16-13(11-14)1-4-17(25-16)19(27)26-9-7-23-8-10-26/h1-6,11-12,20,23H,7-10H2. The first-order valence-electron chi connectivity index (χ1n) is 9.08. The van der Waals surface area contributed by atoms with E-state index in [1.807, 2.05) is 6.07 Å². The third kappa shape index (κ3) is 4.57. The largest absolute Gasteiger partial charge is 0.439 e. The summed E-state index contributed by atoms with van der Waals surface area (Å²) in [6, 6.07) is 11.5. The highest BCUT2D eigenvalue weighted by Gasteiger charge is 2.19. The van der Waals surface area contributed by atoms with E-state index in [9.17, 15) is 13.6 Å². The summed E-state index contributed by atoms with van der Waals surface area (Å²) >= 11 is 0. The van der Waals surface area contributed by atoms with Crippen LogP contribution in [-0.2, 0) is 0 Å². The number of ether oxygens (including phenoxy) is 2. The summed E-state index contributed by atoms with van der Waals surface area (Å²) in [6.45, 7) is -0.00848. The van der Waals surface area contributed by atoms with Crippen LogP contribution in [0.15, 0.2) is 48.7 Å². The molecule has 7 nitrogen and oxygen atoms in total. The number of benzene rings is 1. The number of amides is 1. The van der Waals surface area contributed by atoms with E-state index in [1.54, 1.807) is 29.2 Å². The number of rotatable bonds is 5. The molecule has 1 aliphatic rings. The van der Waals surface area contributed by atoms with Gasteiger partial charge in [-0.2, -0.15) is 8.78 Å². The minimum Gasteiger partial charge on any atom is -0.439 e. The molecule has 1 N–H and O–H groups in total. The van der Waals surface area contributed by atoms with Crippen LogP contribution in [-0.4, -0.2) is 53.6 Å². The number of nitrogens with one attached hydrogen (secondary N) is 1. The average Bonchev–Trinajstić information content (AvgIpc) is 2.74. The molecule has 1 aromatic carbocycles. The second kappa shape index (κ2) is 8.36. The van der Waals surface area contributed by atoms with Crippen molar-refractivity contribution in [1.29, 1.82) is 0 Å². The van der Waals surface area contributed by atoms with Gasteiger partial charge in [-0.25, -0.2) is 9.97 Å². The molecule has 3 heterocycles. The Labute approximate surface area is 165 Å². The summed E-state index contributed by atoms with van der Waals surface area (Å²) in [6.07, 6.45) is 1.16. The van der Waals surface area contributed by atoms with Crippen LogP contribution in [0.4, 0.5) is 8.78 Å². The van der Waals surface area contributed by atoms with Gasteiger partial charge in [-0.05, 0) is 30.3 Å². The molecule has 4 rings (SSSR count). The molecule has 0 unspecified atom stereocenters. The summed E-state index contributed by atoms with van der Waals surface area (Å²) in [4.78, 5) is 22.8. The van der Waals surface area contributed by atoms with Crippen molar-refractivity contribution in [2.24, 2.45) is 0 Å². The van der Waals surface area contributed by atoms with E-state index in [4.69, 9.17) is 4.74 Å². The Morgan fingerprint density at radius 3 is 2.59 bits per heavy atom. The first-order valence-corrected chi connectivity index (χ1v) is 9.08. The fourth-order valence-electron chi connectivity index (χ4n) is 3.04. The summed E-state index contributed by atoms with van der Waals surface area (Å²) in [5, 5.41) is 4.02. The molecule has 1 saturated heterocycles. The average molecular weight is 400 g/mol. The topological polar surface area (TPSA) is 76.6 Å². The number of carbonyl (C=O) groups is 1. The second-order valence-corrected chi connectivity index (χ2v) is 6.41. The van der Waals surface area contributed by atoms with Crippen LogP contribution < -0.4 is 14.8 Å². The van der Waals surface area contributed by atoms with Crippen molar-refractivity contribution in [2.45, 2.75) is 6.61 Å². The van der Waals surface area contributed by atoms with E-state index in [1.165, 1.54) is 12.1 Å². The summed E-state index contributed by atoms with van der Waals surface area (Å²) in [5.74, 6) is 0.626. The molecular weight excluding hydrogens is 382 g/mol. The minimum atomic E-state index is -2.90. The summed E-state index contributed by atoms with van der Waals surface area (Å²) < 4.78 is 34.3. The first kappa shape index (κ1) is 19.0. The molecule has 0 spiro atoms. The molecule has 2 aromatic heterocycles. The van der Waals surface area contributed by atoms with Crippen molar-refractivity contribution in [3.63, 3.8) is 0 Å². The number of alkyl halides is 2. The van der Waals surface area contributed by atoms with E-state index >= 15 is 0 Å². The second-order valence-electron chi connectivity index (χ2n) is 6.41. The van der Waals surface area contributed by atoms with Crippen molar-refractivity contribution < 1.29 is 23.0 Å². The Bertz CT molecular complexity index is 1010. The van der Waals surface area contributed by atoms with Gasteiger partial charge < -0.3 is 19.7 Å². The van der Waals surface area contributed by atoms with Crippen molar-refractivity contribution in [2.75, 3.05) is 26.2 Å². The third-order valence-corrected chi connectivity index (χ3v) is 4.44. The molecule has 0 atom stereocenters. The molecule has 150 valence electrons. The summed E-state index contributed by atoms with van der Waals surface area (Å²) in [7, 11) is 0. The van der Waals surface area contributed by atoms with E-state index in [0.29, 0.717) is 30.0 Å². The number of aromatic nitrogens is 2. The van der Waals surface area contributed by atoms with Gasteiger partial charge in [-0.3, -0.25) is 4.79 Å². The molecule has 3 aromatic rings. The van der Waals surface area contributed by atoms with Crippen molar-refractivity contribution in [1.82, 2.24) is 20.2 Å². The van der Waals surface area contributed by atoms with Crippen molar-refractivity contribution >= 4 is 16.8 Å². The van der Waals surface area contributed by atoms with Crippen LogP contribution in [0.3, 0.4) is 0 Å². The molecule has 0 bridgehead atoms. The lowest BCUT2D eigenvalue weighted by molar-refractivity contribution is -0.0501. The number of hydrogen-bond donors (Lipinski definition) is 1. The number of hydrogen-bond acceptors (Lipinski definition) is 6. The van der Waals surface area contributed by atoms with Gasteiger partial charge in [0.2, 0.25) is 5.88 Å². The monoisotopic (exact) mass is 400 g/mol. The quantitative estimate of drug-likeness (QED) is 0.709. The number of fused-ring (bicyclic) bond motifs is 1. The molecule has 1 aliphatic heterocycles. The van der Waals surface area contributed by atoms with Crippen LogP contribution in [0.25, 0.3) is 10.9 Å². The Morgan fingerprint density at radius 2 is 1.86 bits per heavy atom. The summed E-state index contributed by atoms with van der Waals surface area (Å²) in [5.41, 5.74) is 1.08. The van der Waals surface area contributed by atoms with Crippen LogP contribution in [0.2, 0.25) is 0 Å². The van der Waals surface area contributed by atoms with Crippen LogP contribution in [0, 0.1) is 0 Å². The van der Waals surface area contributed by atoms with Gasteiger partial charge in [0.25, 0.3) is 5.91 Å². The van der Waals surface area contributed by atoms with E-state index < -0.39 is 6.61 Å². The zero-order valence-corrected chi connectivity index (χ0v) is 15.3. The smallest absolute Gasteiger partial charge is 0.387 e. The van der Waals surface area contributed by atoms with Crippen LogP contribution in [0.5, 0.6) is 17.4 Å². The van der Waals surface area contributed by atoms with Crippen molar-refractivity contribution in [3.05, 3.63) is 54.4 Å². The minimum absolute atomic E-state index is 0.0447. The van der Waals surface area contributed by atoms with Gasteiger partial charge in [-0.1, -0.05) is 6.07 Å². The highest BCUT2D eigenvalue weighted by atomic mass is 19.3. The molecule has 0 aliphatic carbocycles. The highest BCUT2D eigenvalue weighted by Crippen LogP contribution is 2.25. The maximum absolute atomic E-state index is 12.6. The molecule has 1 amide bonds. The van der Waals surface area contributed by atoms with E-state index in [0.717, 1.165) is 24.7 Å². The van der Waals surface area contributed by atoms with Gasteiger partial charge in [-0.15, -0.1) is 0 Å². The van der Waals surface area contributed by atoms with Crippen LogP contribution in [0.1, 0.15) is 10.5 Å². The number of carbonyl (C=O) groups excluding carboxylic acids is 1. The zero-order valence-electron chi connectivity index (χ0n) is 15.3.